The summed E-state index contributed by atoms with van der Waals surface area (Å²) in [7, 11) is 1.37. The van der Waals surface area contributed by atoms with Crippen molar-refractivity contribution in [3.63, 3.8) is 0 Å². The van der Waals surface area contributed by atoms with Crippen LogP contribution < -0.4 is 16.8 Å². The topological polar surface area (TPSA) is 131 Å². The molecule has 0 aromatic heterocycles. The van der Waals surface area contributed by atoms with Crippen molar-refractivity contribution in [1.82, 2.24) is 10.2 Å². The third-order valence-corrected chi connectivity index (χ3v) is 15.3. The summed E-state index contributed by atoms with van der Waals surface area (Å²) in [4.78, 5) is 28.3. The van der Waals surface area contributed by atoms with E-state index in [1.807, 2.05) is 30.3 Å². The van der Waals surface area contributed by atoms with Gasteiger partial charge in [0, 0.05) is 12.8 Å². The number of carbonyl (C=O) groups is 2. The molecular formula is C44H74N4O4. The summed E-state index contributed by atoms with van der Waals surface area (Å²) in [5, 5.41) is 15.1. The summed E-state index contributed by atoms with van der Waals surface area (Å²) in [6.07, 6.45) is 17.4. The van der Waals surface area contributed by atoms with Gasteiger partial charge in [-0.1, -0.05) is 63.9 Å². The minimum atomic E-state index is -0.693. The molecule has 0 aliphatic heterocycles. The molecule has 1 amide bonds. The van der Waals surface area contributed by atoms with Crippen molar-refractivity contribution in [3.05, 3.63) is 35.9 Å². The Kier molecular flexibility index (Phi) is 15.1. The molecule has 8 heteroatoms. The first-order valence-corrected chi connectivity index (χ1v) is 21.3. The van der Waals surface area contributed by atoms with E-state index in [1.165, 1.54) is 71.4 Å². The highest BCUT2D eigenvalue weighted by atomic mass is 16.5. The molecule has 294 valence electrons. The summed E-state index contributed by atoms with van der Waals surface area (Å²) in [6, 6.07) is 9.06. The maximum Gasteiger partial charge on any atom is 0.328 e. The molecule has 4 aliphatic rings. The van der Waals surface area contributed by atoms with E-state index in [9.17, 15) is 14.7 Å². The predicted octanol–water partition coefficient (Wildman–Crippen LogP) is 6.72. The quantitative estimate of drug-likeness (QED) is 0.0922. The summed E-state index contributed by atoms with van der Waals surface area (Å²) < 4.78 is 5.02. The number of rotatable bonds is 19. The number of nitrogens with two attached hydrogens (primary N) is 2. The van der Waals surface area contributed by atoms with Crippen LogP contribution in [-0.2, 0) is 20.7 Å². The Labute approximate surface area is 315 Å². The Morgan fingerprint density at radius 2 is 1.65 bits per heavy atom. The van der Waals surface area contributed by atoms with Crippen molar-refractivity contribution in [2.75, 3.05) is 39.8 Å². The number of nitrogens with zero attached hydrogens (tertiary/aromatic N) is 1. The Balaban J connectivity index is 1.12. The van der Waals surface area contributed by atoms with Crippen LogP contribution >= 0.6 is 0 Å². The van der Waals surface area contributed by atoms with E-state index in [-0.39, 0.29) is 17.4 Å². The fourth-order valence-electron chi connectivity index (χ4n) is 12.3. The lowest BCUT2D eigenvalue weighted by Gasteiger charge is -2.62. The van der Waals surface area contributed by atoms with Gasteiger partial charge in [0.25, 0.3) is 0 Å². The van der Waals surface area contributed by atoms with Crippen LogP contribution in [0.1, 0.15) is 123 Å². The number of carbonyl (C=O) groups excluding carboxylic acids is 2. The Bertz CT molecular complexity index is 1260. The maximum absolute atomic E-state index is 13.2. The highest BCUT2D eigenvalue weighted by Gasteiger charge is 2.63. The number of aliphatic hydroxyl groups is 1. The molecule has 4 aliphatic carbocycles. The van der Waals surface area contributed by atoms with E-state index in [1.54, 1.807) is 0 Å². The minimum absolute atomic E-state index is 0.0957. The number of nitrogens with one attached hydrogen (secondary N) is 1. The first-order valence-electron chi connectivity index (χ1n) is 21.3. The van der Waals surface area contributed by atoms with E-state index < -0.39 is 12.0 Å². The monoisotopic (exact) mass is 723 g/mol. The van der Waals surface area contributed by atoms with E-state index in [2.05, 4.69) is 31.0 Å². The number of methoxy groups -OCH3 is 1. The van der Waals surface area contributed by atoms with Crippen molar-refractivity contribution in [2.45, 2.75) is 136 Å². The average molecular weight is 723 g/mol. The second-order valence-corrected chi connectivity index (χ2v) is 18.1. The fraction of sp³-hybridized carbons (Fsp3) is 0.818. The second kappa shape index (κ2) is 19.0. The van der Waals surface area contributed by atoms with Gasteiger partial charge in [-0.05, 0) is 168 Å². The van der Waals surface area contributed by atoms with Crippen LogP contribution in [0.25, 0.3) is 0 Å². The van der Waals surface area contributed by atoms with Crippen LogP contribution in [-0.4, -0.2) is 73.9 Å². The van der Waals surface area contributed by atoms with Gasteiger partial charge in [-0.25, -0.2) is 4.79 Å². The van der Waals surface area contributed by atoms with Crippen molar-refractivity contribution >= 4 is 11.9 Å². The molecule has 0 heterocycles. The first-order chi connectivity index (χ1) is 25.0. The zero-order valence-electron chi connectivity index (χ0n) is 33.2. The molecule has 1 aromatic carbocycles. The van der Waals surface area contributed by atoms with Crippen LogP contribution in [0.3, 0.4) is 0 Å². The van der Waals surface area contributed by atoms with Crippen LogP contribution in [0.15, 0.2) is 30.3 Å². The summed E-state index contributed by atoms with van der Waals surface area (Å²) >= 11 is 0. The average Bonchev–Trinajstić information content (AvgIpc) is 3.52. The van der Waals surface area contributed by atoms with Crippen molar-refractivity contribution in [3.8, 4) is 0 Å². The molecule has 0 saturated heterocycles. The van der Waals surface area contributed by atoms with Gasteiger partial charge < -0.3 is 31.5 Å². The fourth-order valence-corrected chi connectivity index (χ4v) is 12.3. The van der Waals surface area contributed by atoms with Gasteiger partial charge in [0.15, 0.2) is 0 Å². The second-order valence-electron chi connectivity index (χ2n) is 18.1. The minimum Gasteiger partial charge on any atom is -0.467 e. The first kappa shape index (κ1) is 41.2. The number of aliphatic hydroxyl groups excluding tert-OH is 1. The lowest BCUT2D eigenvalue weighted by Crippen LogP contribution is -2.58. The molecule has 4 fully saturated rings. The number of benzene rings is 1. The molecule has 0 spiro atoms. The number of esters is 1. The van der Waals surface area contributed by atoms with Gasteiger partial charge in [0.2, 0.25) is 5.91 Å². The lowest BCUT2D eigenvalue weighted by atomic mass is 9.43. The van der Waals surface area contributed by atoms with E-state index >= 15 is 0 Å². The predicted molar refractivity (Wildman–Crippen MR) is 210 cm³/mol. The number of hydrogen-bond donors (Lipinski definition) is 4. The molecule has 4 saturated carbocycles. The molecule has 11 atom stereocenters. The highest BCUT2D eigenvalue weighted by Crippen LogP contribution is 2.68. The molecule has 6 N–H and O–H groups in total. The summed E-state index contributed by atoms with van der Waals surface area (Å²) in [5.41, 5.74) is 12.8. The van der Waals surface area contributed by atoms with E-state index in [0.717, 1.165) is 75.7 Å². The van der Waals surface area contributed by atoms with Crippen molar-refractivity contribution < 1.29 is 19.4 Å². The Morgan fingerprint density at radius 1 is 0.942 bits per heavy atom. The number of fused-ring (bicyclic) bond motifs is 5. The van der Waals surface area contributed by atoms with Crippen LogP contribution in [0.5, 0.6) is 0 Å². The molecule has 52 heavy (non-hydrogen) atoms. The third kappa shape index (κ3) is 9.44. The smallest absolute Gasteiger partial charge is 0.328 e. The SMILES string of the molecule is COC(=O)[C@H](Cc1ccccc1)NC(=O)CC[C@@H](C)[C@H]1CCC2C3CC[C@@H]4C[C@@H](CCCCN(CCCN)CCCN)CC[C@]4(C)C3C[C@H](O)[C@@]21C. The van der Waals surface area contributed by atoms with Crippen LogP contribution in [0, 0.1) is 52.3 Å². The van der Waals surface area contributed by atoms with Gasteiger partial charge >= 0.3 is 5.97 Å². The van der Waals surface area contributed by atoms with Gasteiger partial charge in [-0.15, -0.1) is 0 Å². The lowest BCUT2D eigenvalue weighted by molar-refractivity contribution is -0.171. The van der Waals surface area contributed by atoms with Crippen molar-refractivity contribution in [1.29, 1.82) is 0 Å². The number of unbranched alkanes of at least 4 members (excludes halogenated alkanes) is 1. The zero-order chi connectivity index (χ0) is 37.3. The Morgan fingerprint density at radius 3 is 2.35 bits per heavy atom. The van der Waals surface area contributed by atoms with Crippen LogP contribution in [0.4, 0.5) is 0 Å². The third-order valence-electron chi connectivity index (χ3n) is 15.3. The molecule has 8 nitrogen and oxygen atoms in total. The zero-order valence-corrected chi connectivity index (χ0v) is 33.2. The molecule has 0 radical (unpaired) electrons. The van der Waals surface area contributed by atoms with E-state index in [0.29, 0.717) is 47.8 Å². The standard InChI is InChI=1S/C44H74N4O4/c1-31(15-20-41(50)47-39(42(51)52-4)29-32-12-6-5-7-13-32)36-18-19-37-35-17-16-34-28-33(14-8-9-25-48(26-10-23-45)27-11-24-46)21-22-43(34,2)38(35)30-40(49)44(36,37)3/h5-7,12-13,31,33-40,49H,8-11,14-30,45-46H2,1-4H3,(H,47,50)/t31-,33+,34-,35?,36-,37?,38?,39+,40+,43+,44-/m1/s1. The summed E-state index contributed by atoms with van der Waals surface area (Å²) in [5.74, 6) is 3.76. The largest absolute Gasteiger partial charge is 0.467 e. The number of amides is 1. The van der Waals surface area contributed by atoms with Gasteiger partial charge in [0.1, 0.15) is 6.04 Å². The molecule has 1 aromatic rings. The Hall–Kier alpha value is -2.00. The maximum atomic E-state index is 13.2. The molecule has 5 rings (SSSR count). The molecule has 0 bridgehead atoms. The normalized spacial score (nSPS) is 33.8. The van der Waals surface area contributed by atoms with Gasteiger partial charge in [-0.3, -0.25) is 4.79 Å². The number of hydrogen-bond acceptors (Lipinski definition) is 7. The van der Waals surface area contributed by atoms with Gasteiger partial charge in [0.05, 0.1) is 13.2 Å². The van der Waals surface area contributed by atoms with Gasteiger partial charge in [-0.2, -0.15) is 0 Å². The van der Waals surface area contributed by atoms with Crippen molar-refractivity contribution in [2.24, 2.45) is 63.7 Å². The van der Waals surface area contributed by atoms with E-state index in [4.69, 9.17) is 16.2 Å². The summed E-state index contributed by atoms with van der Waals surface area (Å²) in [6.45, 7) is 12.2. The molecular weight excluding hydrogens is 649 g/mol. The number of ether oxygens (including phenoxy) is 1. The van der Waals surface area contributed by atoms with Crippen LogP contribution in [0.2, 0.25) is 0 Å². The highest BCUT2D eigenvalue weighted by molar-refractivity contribution is 5.84. The molecule has 3 unspecified atom stereocenters.